The molecule has 2 radical (unpaired) electrons. The monoisotopic (exact) mass is 180 g/mol. The van der Waals surface area contributed by atoms with E-state index in [1.165, 1.54) is 6.61 Å². The average Bonchev–Trinajstić information content (AvgIpc) is 2.17. The van der Waals surface area contributed by atoms with E-state index < -0.39 is 0 Å². The van der Waals surface area contributed by atoms with Crippen LogP contribution in [0.3, 0.4) is 0 Å². The third kappa shape index (κ3) is 3.34. The minimum atomic E-state index is 0.0188. The Morgan fingerprint density at radius 2 is 1.85 bits per heavy atom. The zero-order valence-electron chi connectivity index (χ0n) is 7.27. The van der Waals surface area contributed by atoms with E-state index in [0.717, 1.165) is 0 Å². The Morgan fingerprint density at radius 3 is 2.38 bits per heavy atom. The Morgan fingerprint density at radius 1 is 1.23 bits per heavy atom. The number of benzene rings is 1. The van der Waals surface area contributed by atoms with E-state index in [2.05, 4.69) is 6.92 Å². The van der Waals surface area contributed by atoms with Crippen LogP contribution in [0.1, 0.15) is 0 Å². The summed E-state index contributed by atoms with van der Waals surface area (Å²) in [6.45, 7) is 5.13. The van der Waals surface area contributed by atoms with Crippen molar-refractivity contribution in [3.63, 3.8) is 0 Å². The van der Waals surface area contributed by atoms with Gasteiger partial charge in [-0.1, -0.05) is 0 Å². The molecule has 70 valence electrons. The van der Waals surface area contributed by atoms with Crippen molar-refractivity contribution in [3.05, 3.63) is 37.8 Å². The molecule has 1 N–H and O–H groups in total. The van der Waals surface area contributed by atoms with Crippen molar-refractivity contribution in [1.29, 1.82) is 0 Å². The highest BCUT2D eigenvalue weighted by atomic mass is 16.5. The Bertz CT molecular complexity index is 230. The first-order valence-electron chi connectivity index (χ1n) is 3.98. The lowest BCUT2D eigenvalue weighted by Crippen LogP contribution is -2.01. The SMILES string of the molecule is [CH2][CH]Oc1ccc(OCCO)cc1. The van der Waals surface area contributed by atoms with Gasteiger partial charge in [0.2, 0.25) is 0 Å². The van der Waals surface area contributed by atoms with Gasteiger partial charge in [0.05, 0.1) is 6.61 Å². The summed E-state index contributed by atoms with van der Waals surface area (Å²) >= 11 is 0. The third-order valence-electron chi connectivity index (χ3n) is 1.40. The summed E-state index contributed by atoms with van der Waals surface area (Å²) in [7, 11) is 0. The third-order valence-corrected chi connectivity index (χ3v) is 1.40. The normalized spacial score (nSPS) is 9.69. The Hall–Kier alpha value is -1.22. The van der Waals surface area contributed by atoms with Gasteiger partial charge >= 0.3 is 0 Å². The molecule has 0 bridgehead atoms. The molecule has 0 spiro atoms. The van der Waals surface area contributed by atoms with E-state index in [9.17, 15) is 0 Å². The lowest BCUT2D eigenvalue weighted by Gasteiger charge is -2.05. The summed E-state index contributed by atoms with van der Waals surface area (Å²) in [5, 5.41) is 8.50. The minimum Gasteiger partial charge on any atom is -0.491 e. The largest absolute Gasteiger partial charge is 0.491 e. The van der Waals surface area contributed by atoms with Crippen molar-refractivity contribution in [2.75, 3.05) is 13.2 Å². The van der Waals surface area contributed by atoms with Crippen LogP contribution < -0.4 is 9.47 Å². The first kappa shape index (κ1) is 9.86. The summed E-state index contributed by atoms with van der Waals surface area (Å²) in [6.07, 6.45) is 0. The van der Waals surface area contributed by atoms with Crippen LogP contribution in [0.5, 0.6) is 11.5 Å². The Balaban J connectivity index is 2.48. The van der Waals surface area contributed by atoms with Gasteiger partial charge < -0.3 is 14.6 Å². The molecule has 0 saturated heterocycles. The molecular weight excluding hydrogens is 168 g/mol. The smallest absolute Gasteiger partial charge is 0.136 e. The number of aliphatic hydroxyl groups excluding tert-OH is 1. The highest BCUT2D eigenvalue weighted by Crippen LogP contribution is 2.17. The molecule has 1 rings (SSSR count). The van der Waals surface area contributed by atoms with Gasteiger partial charge in [-0.15, -0.1) is 0 Å². The van der Waals surface area contributed by atoms with Crippen LogP contribution in [-0.4, -0.2) is 18.3 Å². The van der Waals surface area contributed by atoms with Crippen LogP contribution in [0, 0.1) is 13.5 Å². The van der Waals surface area contributed by atoms with Crippen molar-refractivity contribution in [1.82, 2.24) is 0 Å². The van der Waals surface area contributed by atoms with Gasteiger partial charge in [-0.05, 0) is 31.2 Å². The molecule has 0 aliphatic carbocycles. The summed E-state index contributed by atoms with van der Waals surface area (Å²) < 4.78 is 10.2. The first-order chi connectivity index (χ1) is 6.36. The van der Waals surface area contributed by atoms with Crippen LogP contribution in [0.15, 0.2) is 24.3 Å². The predicted molar refractivity (Wildman–Crippen MR) is 49.3 cm³/mol. The van der Waals surface area contributed by atoms with Gasteiger partial charge in [0.1, 0.15) is 24.7 Å². The van der Waals surface area contributed by atoms with Crippen LogP contribution in [0.25, 0.3) is 0 Å². The van der Waals surface area contributed by atoms with Gasteiger partial charge in [0.25, 0.3) is 0 Å². The van der Waals surface area contributed by atoms with E-state index in [-0.39, 0.29) is 6.61 Å². The zero-order chi connectivity index (χ0) is 9.52. The fourth-order valence-electron chi connectivity index (χ4n) is 0.874. The van der Waals surface area contributed by atoms with Gasteiger partial charge in [0, 0.05) is 0 Å². The van der Waals surface area contributed by atoms with E-state index in [1.807, 2.05) is 0 Å². The topological polar surface area (TPSA) is 38.7 Å². The molecule has 13 heavy (non-hydrogen) atoms. The number of hydrogen-bond donors (Lipinski definition) is 1. The minimum absolute atomic E-state index is 0.0188. The molecule has 0 aliphatic heterocycles. The van der Waals surface area contributed by atoms with Crippen LogP contribution in [0.2, 0.25) is 0 Å². The maximum atomic E-state index is 8.50. The number of aliphatic hydroxyl groups is 1. The molecule has 0 atom stereocenters. The van der Waals surface area contributed by atoms with E-state index >= 15 is 0 Å². The van der Waals surface area contributed by atoms with Crippen LogP contribution in [0.4, 0.5) is 0 Å². The first-order valence-corrected chi connectivity index (χ1v) is 3.98. The standard InChI is InChI=1S/C10H12O3/c1-2-12-9-3-5-10(6-4-9)13-8-7-11/h2-6,11H,1,7-8H2. The average molecular weight is 180 g/mol. The van der Waals surface area contributed by atoms with Crippen molar-refractivity contribution < 1.29 is 14.6 Å². The fraction of sp³-hybridized carbons (Fsp3) is 0.200. The second-order valence-corrected chi connectivity index (χ2v) is 2.33. The maximum Gasteiger partial charge on any atom is 0.136 e. The zero-order valence-corrected chi connectivity index (χ0v) is 7.27. The summed E-state index contributed by atoms with van der Waals surface area (Å²) in [6, 6.07) is 7.09. The molecule has 0 fully saturated rings. The lowest BCUT2D eigenvalue weighted by molar-refractivity contribution is 0.201. The van der Waals surface area contributed by atoms with Gasteiger partial charge in [-0.3, -0.25) is 0 Å². The van der Waals surface area contributed by atoms with Crippen molar-refractivity contribution in [3.8, 4) is 11.5 Å². The molecule has 0 aliphatic rings. The second kappa shape index (κ2) is 5.43. The predicted octanol–water partition coefficient (Wildman–Crippen LogP) is 1.43. The molecule has 1 aromatic rings. The maximum absolute atomic E-state index is 8.50. The number of hydrogen-bond acceptors (Lipinski definition) is 3. The molecule has 0 unspecified atom stereocenters. The molecule has 1 aromatic carbocycles. The van der Waals surface area contributed by atoms with E-state index in [1.54, 1.807) is 24.3 Å². The Kier molecular flexibility index (Phi) is 4.12. The van der Waals surface area contributed by atoms with Crippen molar-refractivity contribution in [2.24, 2.45) is 0 Å². The molecule has 3 nitrogen and oxygen atoms in total. The quantitative estimate of drug-likeness (QED) is 0.745. The molecule has 0 amide bonds. The van der Waals surface area contributed by atoms with E-state index in [0.29, 0.717) is 18.1 Å². The molecule has 0 saturated carbocycles. The van der Waals surface area contributed by atoms with Crippen LogP contribution in [-0.2, 0) is 0 Å². The van der Waals surface area contributed by atoms with E-state index in [4.69, 9.17) is 14.6 Å². The summed E-state index contributed by atoms with van der Waals surface area (Å²) in [5.74, 6) is 1.43. The molecule has 0 aromatic heterocycles. The second-order valence-electron chi connectivity index (χ2n) is 2.33. The summed E-state index contributed by atoms with van der Waals surface area (Å²) in [5.41, 5.74) is 0. The lowest BCUT2D eigenvalue weighted by atomic mass is 10.3. The van der Waals surface area contributed by atoms with Crippen molar-refractivity contribution >= 4 is 0 Å². The Labute approximate surface area is 77.9 Å². The number of rotatable bonds is 5. The highest BCUT2D eigenvalue weighted by molar-refractivity contribution is 5.31. The number of ether oxygens (including phenoxy) is 2. The highest BCUT2D eigenvalue weighted by Gasteiger charge is 1.94. The molecular formula is C10H12O3. The van der Waals surface area contributed by atoms with Gasteiger partial charge in [0.15, 0.2) is 0 Å². The fourth-order valence-corrected chi connectivity index (χ4v) is 0.874. The van der Waals surface area contributed by atoms with Gasteiger partial charge in [-0.2, -0.15) is 0 Å². The summed E-state index contributed by atoms with van der Waals surface area (Å²) in [4.78, 5) is 0. The van der Waals surface area contributed by atoms with Gasteiger partial charge in [-0.25, -0.2) is 0 Å². The van der Waals surface area contributed by atoms with Crippen LogP contribution >= 0.6 is 0 Å². The molecule has 3 heteroatoms. The van der Waals surface area contributed by atoms with Crippen molar-refractivity contribution in [2.45, 2.75) is 0 Å². The molecule has 0 heterocycles.